The predicted molar refractivity (Wildman–Crippen MR) is 78.3 cm³/mol. The average molecular weight is 282 g/mol. The second-order valence-corrected chi connectivity index (χ2v) is 4.36. The summed E-state index contributed by atoms with van der Waals surface area (Å²) in [5, 5.41) is 0. The molecule has 0 radical (unpaired) electrons. The molecule has 0 saturated heterocycles. The average Bonchev–Trinajstić information content (AvgIpc) is 2.85. The second kappa shape index (κ2) is 5.66. The first-order chi connectivity index (χ1) is 10.3. The van der Waals surface area contributed by atoms with Crippen molar-refractivity contribution in [2.24, 2.45) is 0 Å². The van der Waals surface area contributed by atoms with Gasteiger partial charge in [-0.3, -0.25) is 9.20 Å². The van der Waals surface area contributed by atoms with Gasteiger partial charge in [0.25, 0.3) is 0 Å². The number of ether oxygens (including phenoxy) is 2. The molecule has 1 aromatic carbocycles. The molecule has 0 fully saturated rings. The van der Waals surface area contributed by atoms with Crippen molar-refractivity contribution in [3.63, 3.8) is 0 Å². The van der Waals surface area contributed by atoms with E-state index < -0.39 is 0 Å². The Kier molecular flexibility index (Phi) is 3.55. The van der Waals surface area contributed by atoms with Gasteiger partial charge in [-0.1, -0.05) is 12.1 Å². The van der Waals surface area contributed by atoms with Gasteiger partial charge in [-0.15, -0.1) is 0 Å². The van der Waals surface area contributed by atoms with Crippen LogP contribution in [-0.2, 0) is 0 Å². The van der Waals surface area contributed by atoms with E-state index in [9.17, 15) is 4.79 Å². The fourth-order valence-electron chi connectivity index (χ4n) is 2.08. The quantitative estimate of drug-likeness (QED) is 0.673. The number of rotatable bonds is 5. The zero-order chi connectivity index (χ0) is 14.7. The Bertz CT molecular complexity index is 780. The van der Waals surface area contributed by atoms with Crippen molar-refractivity contribution in [3.05, 3.63) is 54.4 Å². The van der Waals surface area contributed by atoms with Crippen LogP contribution < -0.4 is 9.47 Å². The molecule has 0 atom stereocenters. The van der Waals surface area contributed by atoms with Gasteiger partial charge in [-0.2, -0.15) is 4.98 Å². The summed E-state index contributed by atoms with van der Waals surface area (Å²) in [7, 11) is 0. The molecule has 0 aliphatic carbocycles. The number of fused-ring (bicyclic) bond motifs is 1. The highest BCUT2D eigenvalue weighted by atomic mass is 16.5. The molecule has 0 aliphatic heterocycles. The molecular formula is C16H14N2O3. The number of nitrogens with zero attached hydrogens (tertiary/aromatic N) is 2. The number of hydrogen-bond acceptors (Lipinski definition) is 4. The van der Waals surface area contributed by atoms with E-state index in [-0.39, 0.29) is 5.88 Å². The molecule has 0 amide bonds. The van der Waals surface area contributed by atoms with Gasteiger partial charge < -0.3 is 9.47 Å². The third-order valence-corrected chi connectivity index (χ3v) is 2.98. The molecule has 5 heteroatoms. The highest BCUT2D eigenvalue weighted by Gasteiger charge is 2.13. The molecule has 0 N–H and O–H groups in total. The Balaban J connectivity index is 1.97. The van der Waals surface area contributed by atoms with Crippen LogP contribution in [0.4, 0.5) is 0 Å². The first-order valence-electron chi connectivity index (χ1n) is 6.65. The molecular weight excluding hydrogens is 268 g/mol. The highest BCUT2D eigenvalue weighted by Crippen LogP contribution is 2.27. The summed E-state index contributed by atoms with van der Waals surface area (Å²) in [6, 6.07) is 12.7. The van der Waals surface area contributed by atoms with Gasteiger partial charge in [0, 0.05) is 12.3 Å². The van der Waals surface area contributed by atoms with Crippen LogP contribution in [0.25, 0.3) is 5.65 Å². The van der Waals surface area contributed by atoms with Gasteiger partial charge in [-0.05, 0) is 31.2 Å². The van der Waals surface area contributed by atoms with Crippen molar-refractivity contribution in [2.75, 3.05) is 6.61 Å². The summed E-state index contributed by atoms with van der Waals surface area (Å²) in [6.07, 6.45) is 2.51. The maximum absolute atomic E-state index is 11.3. The molecule has 0 aliphatic rings. The number of carbonyl (C=O) groups is 1. The lowest BCUT2D eigenvalue weighted by atomic mass is 10.3. The van der Waals surface area contributed by atoms with E-state index in [0.717, 1.165) is 6.29 Å². The van der Waals surface area contributed by atoms with Crippen LogP contribution in [0.2, 0.25) is 0 Å². The minimum atomic E-state index is 0.282. The number of carbonyl (C=O) groups excluding carboxylic acids is 1. The Morgan fingerprint density at radius 3 is 2.86 bits per heavy atom. The van der Waals surface area contributed by atoms with Crippen LogP contribution in [0.15, 0.2) is 48.7 Å². The first-order valence-corrected chi connectivity index (χ1v) is 6.65. The second-order valence-electron chi connectivity index (χ2n) is 4.36. The van der Waals surface area contributed by atoms with Gasteiger partial charge in [0.2, 0.25) is 5.88 Å². The van der Waals surface area contributed by atoms with Gasteiger partial charge in [0.1, 0.15) is 17.1 Å². The normalized spacial score (nSPS) is 10.5. The zero-order valence-corrected chi connectivity index (χ0v) is 11.5. The molecule has 0 bridgehead atoms. The lowest BCUT2D eigenvalue weighted by molar-refractivity contribution is 0.111. The van der Waals surface area contributed by atoms with E-state index in [1.54, 1.807) is 22.7 Å². The summed E-state index contributed by atoms with van der Waals surface area (Å²) in [4.78, 5) is 15.6. The molecule has 0 unspecified atom stereocenters. The van der Waals surface area contributed by atoms with E-state index >= 15 is 0 Å². The fourth-order valence-corrected chi connectivity index (χ4v) is 2.08. The molecule has 5 nitrogen and oxygen atoms in total. The molecule has 2 aromatic heterocycles. The Morgan fingerprint density at radius 1 is 1.19 bits per heavy atom. The van der Waals surface area contributed by atoms with Gasteiger partial charge in [-0.25, -0.2) is 0 Å². The number of benzene rings is 1. The Morgan fingerprint density at radius 2 is 2.05 bits per heavy atom. The number of aromatic nitrogens is 2. The molecule has 3 aromatic rings. The maximum atomic E-state index is 11.3. The van der Waals surface area contributed by atoms with Crippen LogP contribution >= 0.6 is 0 Å². The third-order valence-electron chi connectivity index (χ3n) is 2.98. The van der Waals surface area contributed by atoms with Crippen LogP contribution in [0.5, 0.6) is 17.4 Å². The Labute approximate surface area is 121 Å². The summed E-state index contributed by atoms with van der Waals surface area (Å²) in [6.45, 7) is 2.50. The SMILES string of the molecule is CCOc1cccc(Oc2nc3ccccn3c2C=O)c1. The summed E-state index contributed by atoms with van der Waals surface area (Å²) < 4.78 is 12.8. The molecule has 106 valence electrons. The minimum absolute atomic E-state index is 0.282. The Hall–Kier alpha value is -2.82. The van der Waals surface area contributed by atoms with Crippen LogP contribution in [-0.4, -0.2) is 22.3 Å². The van der Waals surface area contributed by atoms with E-state index in [4.69, 9.17) is 9.47 Å². The molecule has 3 rings (SSSR count). The van der Waals surface area contributed by atoms with Gasteiger partial charge in [0.15, 0.2) is 12.0 Å². The van der Waals surface area contributed by atoms with E-state index in [0.29, 0.717) is 29.4 Å². The van der Waals surface area contributed by atoms with Crippen molar-refractivity contribution in [3.8, 4) is 17.4 Å². The highest BCUT2D eigenvalue weighted by molar-refractivity contribution is 5.78. The molecule has 2 heterocycles. The lowest BCUT2D eigenvalue weighted by Crippen LogP contribution is -1.94. The smallest absolute Gasteiger partial charge is 0.249 e. The van der Waals surface area contributed by atoms with E-state index in [1.165, 1.54) is 0 Å². The zero-order valence-electron chi connectivity index (χ0n) is 11.5. The third kappa shape index (κ3) is 2.58. The van der Waals surface area contributed by atoms with Crippen LogP contribution in [0, 0.1) is 0 Å². The maximum Gasteiger partial charge on any atom is 0.249 e. The first kappa shape index (κ1) is 13.2. The predicted octanol–water partition coefficient (Wildman–Crippen LogP) is 3.34. The summed E-state index contributed by atoms with van der Waals surface area (Å²) in [5.74, 6) is 1.57. The van der Waals surface area contributed by atoms with E-state index in [1.807, 2.05) is 37.3 Å². The van der Waals surface area contributed by atoms with Crippen molar-refractivity contribution < 1.29 is 14.3 Å². The largest absolute Gasteiger partial charge is 0.494 e. The number of aldehydes is 1. The lowest BCUT2D eigenvalue weighted by Gasteiger charge is -2.06. The van der Waals surface area contributed by atoms with Crippen LogP contribution in [0.1, 0.15) is 17.4 Å². The van der Waals surface area contributed by atoms with Crippen LogP contribution in [0.3, 0.4) is 0 Å². The topological polar surface area (TPSA) is 52.8 Å². The fraction of sp³-hybridized carbons (Fsp3) is 0.125. The van der Waals surface area contributed by atoms with Crippen molar-refractivity contribution in [2.45, 2.75) is 6.92 Å². The standard InChI is InChI=1S/C16H14N2O3/c1-2-20-12-6-5-7-13(10-12)21-16-14(11-19)18-9-4-3-8-15(18)17-16/h3-11H,2H2,1H3. The summed E-state index contributed by atoms with van der Waals surface area (Å²) in [5.41, 5.74) is 1.04. The number of pyridine rings is 1. The van der Waals surface area contributed by atoms with Crippen molar-refractivity contribution >= 4 is 11.9 Å². The van der Waals surface area contributed by atoms with Gasteiger partial charge >= 0.3 is 0 Å². The number of imidazole rings is 1. The molecule has 0 saturated carbocycles. The van der Waals surface area contributed by atoms with Crippen molar-refractivity contribution in [1.82, 2.24) is 9.38 Å². The summed E-state index contributed by atoms with van der Waals surface area (Å²) >= 11 is 0. The minimum Gasteiger partial charge on any atom is -0.494 e. The molecule has 0 spiro atoms. The van der Waals surface area contributed by atoms with Gasteiger partial charge in [0.05, 0.1) is 6.61 Å². The van der Waals surface area contributed by atoms with E-state index in [2.05, 4.69) is 4.98 Å². The van der Waals surface area contributed by atoms with Crippen molar-refractivity contribution in [1.29, 1.82) is 0 Å². The number of hydrogen-bond donors (Lipinski definition) is 0. The monoisotopic (exact) mass is 282 g/mol. The molecule has 21 heavy (non-hydrogen) atoms.